The molecule has 5 nitrogen and oxygen atoms in total. The van der Waals surface area contributed by atoms with Crippen molar-refractivity contribution in [2.24, 2.45) is 0 Å². The molecule has 0 saturated carbocycles. The third-order valence-electron chi connectivity index (χ3n) is 3.00. The summed E-state index contributed by atoms with van der Waals surface area (Å²) in [6, 6.07) is 8.42. The van der Waals surface area contributed by atoms with Gasteiger partial charge < -0.3 is 14.7 Å². The Balaban J connectivity index is 2.05. The van der Waals surface area contributed by atoms with E-state index in [1.807, 2.05) is 30.3 Å². The second-order valence-corrected chi connectivity index (χ2v) is 4.31. The summed E-state index contributed by atoms with van der Waals surface area (Å²) in [6.07, 6.45) is 0.0569. The minimum atomic E-state index is -0.982. The number of hydrogen-bond acceptors (Lipinski definition) is 3. The number of rotatable bonds is 3. The molecule has 18 heavy (non-hydrogen) atoms. The second-order valence-electron chi connectivity index (χ2n) is 4.31. The topological polar surface area (TPSA) is 66.8 Å². The van der Waals surface area contributed by atoms with Crippen LogP contribution in [0.15, 0.2) is 30.3 Å². The van der Waals surface area contributed by atoms with E-state index in [1.165, 1.54) is 11.8 Å². The minimum absolute atomic E-state index is 0.235. The van der Waals surface area contributed by atoms with Gasteiger partial charge in [0.2, 0.25) is 5.91 Å². The fourth-order valence-corrected chi connectivity index (χ4v) is 2.16. The molecule has 1 saturated heterocycles. The van der Waals surface area contributed by atoms with Crippen molar-refractivity contribution in [1.29, 1.82) is 0 Å². The molecule has 2 rings (SSSR count). The molecule has 1 amide bonds. The predicted molar refractivity (Wildman–Crippen MR) is 64.3 cm³/mol. The molecule has 1 aromatic carbocycles. The standard InChI is InChI=1S/C13H15NO4/c1-9(15)14-8-11(7-12(14)13(16)17)18-10-5-3-2-4-6-10/h2-6,11-12H,7-8H2,1H3,(H,16,17)/t11-,12?/m0/s1. The van der Waals surface area contributed by atoms with Crippen molar-refractivity contribution in [3.63, 3.8) is 0 Å². The van der Waals surface area contributed by atoms with Crippen LogP contribution in [-0.4, -0.2) is 40.6 Å². The first kappa shape index (κ1) is 12.4. The zero-order valence-electron chi connectivity index (χ0n) is 10.1. The normalized spacial score (nSPS) is 22.8. The van der Waals surface area contributed by atoms with Crippen molar-refractivity contribution in [3.8, 4) is 5.75 Å². The molecule has 0 aliphatic carbocycles. The van der Waals surface area contributed by atoms with Gasteiger partial charge in [0.25, 0.3) is 0 Å². The number of ether oxygens (including phenoxy) is 1. The summed E-state index contributed by atoms with van der Waals surface area (Å²) in [4.78, 5) is 23.8. The van der Waals surface area contributed by atoms with E-state index in [9.17, 15) is 9.59 Å². The number of nitrogens with zero attached hydrogens (tertiary/aromatic N) is 1. The molecule has 1 aliphatic rings. The Kier molecular flexibility index (Phi) is 3.50. The van der Waals surface area contributed by atoms with E-state index in [0.717, 1.165) is 0 Å². The van der Waals surface area contributed by atoms with Crippen LogP contribution < -0.4 is 4.74 Å². The Morgan fingerprint density at radius 2 is 2.00 bits per heavy atom. The smallest absolute Gasteiger partial charge is 0.326 e. The van der Waals surface area contributed by atoms with Gasteiger partial charge in [-0.15, -0.1) is 0 Å². The number of carbonyl (C=O) groups excluding carboxylic acids is 1. The fraction of sp³-hybridized carbons (Fsp3) is 0.385. The molecule has 5 heteroatoms. The van der Waals surface area contributed by atoms with E-state index in [-0.39, 0.29) is 12.0 Å². The van der Waals surface area contributed by atoms with Crippen molar-refractivity contribution in [2.45, 2.75) is 25.5 Å². The average Bonchev–Trinajstić information content (AvgIpc) is 2.74. The number of likely N-dealkylation sites (tertiary alicyclic amines) is 1. The van der Waals surface area contributed by atoms with Crippen molar-refractivity contribution in [2.75, 3.05) is 6.54 Å². The first-order valence-corrected chi connectivity index (χ1v) is 5.79. The molecule has 1 aromatic rings. The van der Waals surface area contributed by atoms with Gasteiger partial charge in [-0.2, -0.15) is 0 Å². The second kappa shape index (κ2) is 5.08. The molecule has 1 N–H and O–H groups in total. The van der Waals surface area contributed by atoms with E-state index in [1.54, 1.807) is 0 Å². The molecular formula is C13H15NO4. The number of para-hydroxylation sites is 1. The van der Waals surface area contributed by atoms with Crippen LogP contribution in [0.2, 0.25) is 0 Å². The Labute approximate surface area is 105 Å². The molecule has 0 bridgehead atoms. The van der Waals surface area contributed by atoms with Crippen molar-refractivity contribution < 1.29 is 19.4 Å². The first-order valence-electron chi connectivity index (χ1n) is 5.79. The van der Waals surface area contributed by atoms with Gasteiger partial charge in [-0.3, -0.25) is 4.79 Å². The SMILES string of the molecule is CC(=O)N1C[C@@H](Oc2ccccc2)CC1C(=O)O. The lowest BCUT2D eigenvalue weighted by Gasteiger charge is -2.18. The van der Waals surface area contributed by atoms with E-state index in [0.29, 0.717) is 18.7 Å². The zero-order chi connectivity index (χ0) is 13.1. The van der Waals surface area contributed by atoms with Crippen LogP contribution in [0.3, 0.4) is 0 Å². The van der Waals surface area contributed by atoms with E-state index in [2.05, 4.69) is 0 Å². The Hall–Kier alpha value is -2.04. The number of aliphatic carboxylic acids is 1. The van der Waals surface area contributed by atoms with Crippen LogP contribution in [0.25, 0.3) is 0 Å². The maximum Gasteiger partial charge on any atom is 0.326 e. The third-order valence-corrected chi connectivity index (χ3v) is 3.00. The number of carboxylic acid groups (broad SMARTS) is 1. The maximum absolute atomic E-state index is 11.4. The van der Waals surface area contributed by atoms with Gasteiger partial charge in [-0.1, -0.05) is 18.2 Å². The Bertz CT molecular complexity index is 424. The van der Waals surface area contributed by atoms with Crippen LogP contribution in [0.5, 0.6) is 5.75 Å². The minimum Gasteiger partial charge on any atom is -0.488 e. The highest BCUT2D eigenvalue weighted by Gasteiger charge is 2.39. The summed E-state index contributed by atoms with van der Waals surface area (Å²) in [5, 5.41) is 9.07. The molecule has 1 aliphatic heterocycles. The highest BCUT2D eigenvalue weighted by atomic mass is 16.5. The highest BCUT2D eigenvalue weighted by Crippen LogP contribution is 2.23. The predicted octanol–water partition coefficient (Wildman–Crippen LogP) is 1.14. The van der Waals surface area contributed by atoms with Crippen molar-refractivity contribution in [1.82, 2.24) is 4.90 Å². The lowest BCUT2D eigenvalue weighted by Crippen LogP contribution is -2.39. The van der Waals surface area contributed by atoms with E-state index in [4.69, 9.17) is 9.84 Å². The van der Waals surface area contributed by atoms with Gasteiger partial charge in [-0.05, 0) is 12.1 Å². The fourth-order valence-electron chi connectivity index (χ4n) is 2.16. The molecule has 1 unspecified atom stereocenters. The molecule has 0 spiro atoms. The summed E-state index contributed by atoms with van der Waals surface area (Å²) in [6.45, 7) is 1.70. The van der Waals surface area contributed by atoms with Gasteiger partial charge in [0.1, 0.15) is 17.9 Å². The molecule has 96 valence electrons. The Morgan fingerprint density at radius 3 is 2.50 bits per heavy atom. The average molecular weight is 249 g/mol. The van der Waals surface area contributed by atoms with Crippen molar-refractivity contribution in [3.05, 3.63) is 30.3 Å². The number of carbonyl (C=O) groups is 2. The van der Waals surface area contributed by atoms with Crippen LogP contribution in [0.4, 0.5) is 0 Å². The number of hydrogen-bond donors (Lipinski definition) is 1. The van der Waals surface area contributed by atoms with Crippen LogP contribution in [0.1, 0.15) is 13.3 Å². The summed E-state index contributed by atoms with van der Waals surface area (Å²) >= 11 is 0. The van der Waals surface area contributed by atoms with Gasteiger partial charge in [0.05, 0.1) is 6.54 Å². The molecule has 2 atom stereocenters. The van der Waals surface area contributed by atoms with Crippen molar-refractivity contribution >= 4 is 11.9 Å². The Morgan fingerprint density at radius 1 is 1.33 bits per heavy atom. The summed E-state index contributed by atoms with van der Waals surface area (Å²) < 4.78 is 5.68. The molecule has 1 fully saturated rings. The monoisotopic (exact) mass is 249 g/mol. The van der Waals surface area contributed by atoms with Gasteiger partial charge in [0, 0.05) is 13.3 Å². The highest BCUT2D eigenvalue weighted by molar-refractivity contribution is 5.83. The largest absolute Gasteiger partial charge is 0.488 e. The third kappa shape index (κ3) is 2.61. The molecule has 1 heterocycles. The summed E-state index contributed by atoms with van der Waals surface area (Å²) in [5.41, 5.74) is 0. The van der Waals surface area contributed by atoms with Crippen LogP contribution in [-0.2, 0) is 9.59 Å². The number of benzene rings is 1. The van der Waals surface area contributed by atoms with Gasteiger partial charge in [-0.25, -0.2) is 4.79 Å². The van der Waals surface area contributed by atoms with E-state index >= 15 is 0 Å². The molecule has 0 aromatic heterocycles. The maximum atomic E-state index is 11.4. The molecular weight excluding hydrogens is 234 g/mol. The van der Waals surface area contributed by atoms with Gasteiger partial charge in [0.15, 0.2) is 0 Å². The van der Waals surface area contributed by atoms with Gasteiger partial charge >= 0.3 is 5.97 Å². The number of carboxylic acids is 1. The lowest BCUT2D eigenvalue weighted by molar-refractivity contribution is -0.147. The first-order chi connectivity index (χ1) is 8.58. The van der Waals surface area contributed by atoms with Crippen LogP contribution in [0, 0.1) is 0 Å². The van der Waals surface area contributed by atoms with E-state index < -0.39 is 12.0 Å². The molecule has 0 radical (unpaired) electrons. The summed E-state index contributed by atoms with van der Waals surface area (Å²) in [5.74, 6) is -0.525. The number of amides is 1. The van der Waals surface area contributed by atoms with Crippen LogP contribution >= 0.6 is 0 Å². The quantitative estimate of drug-likeness (QED) is 0.872. The zero-order valence-corrected chi connectivity index (χ0v) is 10.1. The summed E-state index contributed by atoms with van der Waals surface area (Å²) in [7, 11) is 0. The lowest BCUT2D eigenvalue weighted by atomic mass is 10.2.